The van der Waals surface area contributed by atoms with E-state index in [9.17, 15) is 19.7 Å². The number of hydrogen-bond donors (Lipinski definition) is 1. The van der Waals surface area contributed by atoms with E-state index in [0.717, 1.165) is 4.88 Å². The Balaban J connectivity index is 2.01. The number of hydrogen-bond acceptors (Lipinski definition) is 6. The molecule has 0 saturated heterocycles. The van der Waals surface area contributed by atoms with E-state index in [1.54, 1.807) is 13.8 Å². The van der Waals surface area contributed by atoms with Gasteiger partial charge in [-0.1, -0.05) is 6.07 Å². The number of amides is 2. The molecule has 1 aromatic heterocycles. The molecule has 1 aliphatic rings. The minimum absolute atomic E-state index is 0.0661. The Morgan fingerprint density at radius 2 is 2.04 bits per heavy atom. The fourth-order valence-electron chi connectivity index (χ4n) is 3.04. The number of esters is 1. The second-order valence-electron chi connectivity index (χ2n) is 6.12. The molecule has 0 spiro atoms. The number of nitro benzene ring substituents is 1. The van der Waals surface area contributed by atoms with E-state index in [2.05, 4.69) is 5.32 Å². The maximum atomic E-state index is 12.7. The monoisotopic (exact) mass is 401 g/mol. The van der Waals surface area contributed by atoms with E-state index in [4.69, 9.17) is 4.74 Å². The largest absolute Gasteiger partial charge is 0.463 e. The van der Waals surface area contributed by atoms with Crippen molar-refractivity contribution in [1.82, 2.24) is 10.2 Å². The number of carbonyl (C=O) groups is 2. The zero-order valence-corrected chi connectivity index (χ0v) is 16.2. The van der Waals surface area contributed by atoms with Crippen LogP contribution in [0.3, 0.4) is 0 Å². The summed E-state index contributed by atoms with van der Waals surface area (Å²) in [5.74, 6) is -0.528. The third-order valence-electron chi connectivity index (χ3n) is 4.42. The molecule has 28 heavy (non-hydrogen) atoms. The summed E-state index contributed by atoms with van der Waals surface area (Å²) in [6.07, 6.45) is 0. The normalized spacial score (nSPS) is 16.7. The van der Waals surface area contributed by atoms with Crippen molar-refractivity contribution in [2.45, 2.75) is 26.4 Å². The number of benzene rings is 1. The maximum absolute atomic E-state index is 12.7. The Morgan fingerprint density at radius 3 is 2.61 bits per heavy atom. The zero-order valence-electron chi connectivity index (χ0n) is 15.4. The SMILES string of the molecule is CCOC(=O)C1=C(C)N(Cc2cccs2)C(=O)NC1c1ccc([N+](=O)[O-])cc1. The van der Waals surface area contributed by atoms with E-state index < -0.39 is 16.9 Å². The molecule has 0 aliphatic carbocycles. The van der Waals surface area contributed by atoms with Crippen LogP contribution in [0.1, 0.15) is 30.3 Å². The number of rotatable bonds is 6. The van der Waals surface area contributed by atoms with Crippen molar-refractivity contribution >= 4 is 29.0 Å². The number of allylic oxidation sites excluding steroid dienone is 1. The fraction of sp³-hybridized carbons (Fsp3) is 0.263. The average molecular weight is 401 g/mol. The predicted octanol–water partition coefficient (Wildman–Crippen LogP) is 3.76. The van der Waals surface area contributed by atoms with Gasteiger partial charge in [-0.15, -0.1) is 11.3 Å². The van der Waals surface area contributed by atoms with Crippen LogP contribution in [0.15, 0.2) is 53.0 Å². The highest BCUT2D eigenvalue weighted by Crippen LogP contribution is 2.33. The molecule has 0 saturated carbocycles. The number of ether oxygens (including phenoxy) is 1. The van der Waals surface area contributed by atoms with Crippen molar-refractivity contribution in [2.75, 3.05) is 6.61 Å². The number of urea groups is 1. The van der Waals surface area contributed by atoms with Gasteiger partial charge in [0.05, 0.1) is 29.7 Å². The average Bonchev–Trinajstić information content (AvgIpc) is 3.18. The van der Waals surface area contributed by atoms with Crippen LogP contribution in [0.4, 0.5) is 10.5 Å². The molecule has 146 valence electrons. The summed E-state index contributed by atoms with van der Waals surface area (Å²) in [5.41, 5.74) is 1.31. The molecule has 2 aromatic rings. The molecule has 1 atom stereocenters. The maximum Gasteiger partial charge on any atom is 0.338 e. The van der Waals surface area contributed by atoms with Gasteiger partial charge >= 0.3 is 12.0 Å². The smallest absolute Gasteiger partial charge is 0.338 e. The molecule has 1 N–H and O–H groups in total. The van der Waals surface area contributed by atoms with Crippen LogP contribution >= 0.6 is 11.3 Å². The highest BCUT2D eigenvalue weighted by Gasteiger charge is 2.36. The molecule has 0 fully saturated rings. The number of nitro groups is 1. The lowest BCUT2D eigenvalue weighted by atomic mass is 9.94. The van der Waals surface area contributed by atoms with Gasteiger partial charge in [0.1, 0.15) is 0 Å². The van der Waals surface area contributed by atoms with Gasteiger partial charge in [0, 0.05) is 22.7 Å². The van der Waals surface area contributed by atoms with Gasteiger partial charge in [0.2, 0.25) is 0 Å². The third-order valence-corrected chi connectivity index (χ3v) is 5.28. The Hall–Kier alpha value is -3.20. The first kappa shape index (κ1) is 19.6. The van der Waals surface area contributed by atoms with Crippen LogP contribution < -0.4 is 5.32 Å². The third kappa shape index (κ3) is 3.89. The first-order chi connectivity index (χ1) is 13.4. The Labute approximate surface area is 165 Å². The van der Waals surface area contributed by atoms with E-state index in [0.29, 0.717) is 23.4 Å². The molecule has 8 nitrogen and oxygen atoms in total. The van der Waals surface area contributed by atoms with Crippen molar-refractivity contribution in [2.24, 2.45) is 0 Å². The second kappa shape index (κ2) is 8.22. The van der Waals surface area contributed by atoms with Gasteiger partial charge in [0.25, 0.3) is 5.69 Å². The minimum Gasteiger partial charge on any atom is -0.463 e. The van der Waals surface area contributed by atoms with Crippen molar-refractivity contribution in [3.8, 4) is 0 Å². The van der Waals surface area contributed by atoms with Crippen LogP contribution in [-0.2, 0) is 16.1 Å². The first-order valence-corrected chi connectivity index (χ1v) is 9.53. The number of non-ortho nitro benzene ring substituents is 1. The lowest BCUT2D eigenvalue weighted by Crippen LogP contribution is -2.47. The van der Waals surface area contributed by atoms with Gasteiger partial charge in [-0.25, -0.2) is 9.59 Å². The van der Waals surface area contributed by atoms with Gasteiger partial charge < -0.3 is 10.1 Å². The molecule has 3 rings (SSSR count). The molecular weight excluding hydrogens is 382 g/mol. The predicted molar refractivity (Wildman–Crippen MR) is 104 cm³/mol. The summed E-state index contributed by atoms with van der Waals surface area (Å²) < 4.78 is 5.20. The van der Waals surface area contributed by atoms with Gasteiger partial charge in [-0.05, 0) is 43.0 Å². The molecule has 0 bridgehead atoms. The quantitative estimate of drug-likeness (QED) is 0.451. The molecular formula is C19H19N3O5S. The van der Waals surface area contributed by atoms with Gasteiger partial charge in [-0.3, -0.25) is 15.0 Å². The van der Waals surface area contributed by atoms with Crippen LogP contribution in [0.5, 0.6) is 0 Å². The highest BCUT2D eigenvalue weighted by atomic mass is 32.1. The molecule has 9 heteroatoms. The van der Waals surface area contributed by atoms with Crippen LogP contribution in [-0.4, -0.2) is 28.4 Å². The Bertz CT molecular complexity index is 922. The van der Waals surface area contributed by atoms with Gasteiger partial charge in [-0.2, -0.15) is 0 Å². The standard InChI is InChI=1S/C19H19N3O5S/c1-3-27-18(23)16-12(2)21(11-15-5-4-10-28-15)19(24)20-17(16)13-6-8-14(9-7-13)22(25)26/h4-10,17H,3,11H2,1-2H3,(H,20,24). The molecule has 1 unspecified atom stereocenters. The van der Waals surface area contributed by atoms with Crippen LogP contribution in [0.2, 0.25) is 0 Å². The molecule has 0 radical (unpaired) electrons. The number of nitrogens with zero attached hydrogens (tertiary/aromatic N) is 2. The number of thiophene rings is 1. The molecule has 2 amide bonds. The van der Waals surface area contributed by atoms with Crippen molar-refractivity contribution in [3.63, 3.8) is 0 Å². The number of carbonyl (C=O) groups excluding carboxylic acids is 2. The number of nitrogens with one attached hydrogen (secondary N) is 1. The van der Waals surface area contributed by atoms with Crippen molar-refractivity contribution in [3.05, 3.63) is 73.6 Å². The summed E-state index contributed by atoms with van der Waals surface area (Å²) in [6, 6.07) is 8.48. The lowest BCUT2D eigenvalue weighted by Gasteiger charge is -2.35. The molecule has 1 aromatic carbocycles. The van der Waals surface area contributed by atoms with E-state index in [1.807, 2.05) is 17.5 Å². The molecule has 1 aliphatic heterocycles. The van der Waals surface area contributed by atoms with Crippen LogP contribution in [0.25, 0.3) is 0 Å². The van der Waals surface area contributed by atoms with Gasteiger partial charge in [0.15, 0.2) is 0 Å². The highest BCUT2D eigenvalue weighted by molar-refractivity contribution is 7.09. The minimum atomic E-state index is -0.744. The van der Waals surface area contributed by atoms with Crippen molar-refractivity contribution in [1.29, 1.82) is 0 Å². The first-order valence-electron chi connectivity index (χ1n) is 8.65. The Morgan fingerprint density at radius 1 is 1.32 bits per heavy atom. The Kier molecular flexibility index (Phi) is 5.74. The van der Waals surface area contributed by atoms with E-state index in [1.165, 1.54) is 40.5 Å². The van der Waals surface area contributed by atoms with E-state index in [-0.39, 0.29) is 18.3 Å². The lowest BCUT2D eigenvalue weighted by molar-refractivity contribution is -0.384. The summed E-state index contributed by atoms with van der Waals surface area (Å²) in [4.78, 5) is 38.3. The summed E-state index contributed by atoms with van der Waals surface area (Å²) in [7, 11) is 0. The second-order valence-corrected chi connectivity index (χ2v) is 7.15. The fourth-order valence-corrected chi connectivity index (χ4v) is 3.73. The van der Waals surface area contributed by atoms with Crippen LogP contribution in [0, 0.1) is 10.1 Å². The summed E-state index contributed by atoms with van der Waals surface area (Å²) in [6.45, 7) is 3.95. The van der Waals surface area contributed by atoms with Crippen molar-refractivity contribution < 1.29 is 19.2 Å². The topological polar surface area (TPSA) is 102 Å². The summed E-state index contributed by atoms with van der Waals surface area (Å²) in [5, 5.41) is 15.6. The summed E-state index contributed by atoms with van der Waals surface area (Å²) >= 11 is 1.52. The zero-order chi connectivity index (χ0) is 20.3. The van der Waals surface area contributed by atoms with E-state index >= 15 is 0 Å². The molecule has 2 heterocycles.